The highest BCUT2D eigenvalue weighted by Gasteiger charge is 2.31. The molecule has 0 saturated heterocycles. The monoisotopic (exact) mass is 172 g/mol. The Morgan fingerprint density at radius 1 is 1.11 bits per heavy atom. The van der Waals surface area contributed by atoms with Gasteiger partial charge in [-0.2, -0.15) is 0 Å². The van der Waals surface area contributed by atoms with Crippen molar-refractivity contribution < 1.29 is 23.2 Å². The normalized spacial score (nSPS) is 10.9. The van der Waals surface area contributed by atoms with Crippen LogP contribution in [-0.2, 0) is 13.4 Å². The Morgan fingerprint density at radius 2 is 1.33 bits per heavy atom. The maximum atomic E-state index is 9.39. The zero-order valence-electron chi connectivity index (χ0n) is 4.43. The van der Waals surface area contributed by atoms with Crippen LogP contribution in [0.5, 0.6) is 0 Å². The summed E-state index contributed by atoms with van der Waals surface area (Å²) in [7, 11) is -5.85. The van der Waals surface area contributed by atoms with E-state index >= 15 is 0 Å². The highest BCUT2D eigenvalue weighted by molar-refractivity contribution is 7.46. The van der Waals surface area contributed by atoms with E-state index in [9.17, 15) is 9.13 Å². The Kier molecular flexibility index (Phi) is 10.1. The fourth-order valence-electron chi connectivity index (χ4n) is 0.0598. The van der Waals surface area contributed by atoms with Gasteiger partial charge in [0.15, 0.2) is 4.31 Å². The van der Waals surface area contributed by atoms with Gasteiger partial charge in [-0.05, 0) is 0 Å². The molecule has 0 aliphatic carbocycles. The topological polar surface area (TPSA) is 83.8 Å². The number of hydrogen-bond acceptors (Lipinski definition) is 3. The van der Waals surface area contributed by atoms with Crippen molar-refractivity contribution in [2.24, 2.45) is 0 Å². The minimum atomic E-state index is -2.92. The Balaban J connectivity index is 0. The van der Waals surface area contributed by atoms with E-state index in [0.717, 1.165) is 0 Å². The van der Waals surface area contributed by atoms with Crippen molar-refractivity contribution in [2.45, 2.75) is 0 Å². The summed E-state index contributed by atoms with van der Waals surface area (Å²) in [6, 6.07) is 0. The first kappa shape index (κ1) is 11.6. The first-order valence-corrected chi connectivity index (χ1v) is 3.89. The van der Waals surface area contributed by atoms with Crippen LogP contribution in [0.15, 0.2) is 13.2 Å². The van der Waals surface area contributed by atoms with Crippen LogP contribution in [0.25, 0.3) is 0 Å². The second kappa shape index (κ2) is 7.82. The zero-order chi connectivity index (χ0) is 7.86. The van der Waals surface area contributed by atoms with Crippen LogP contribution in [-0.4, -0.2) is 9.79 Å². The molecule has 0 spiro atoms. The highest BCUT2D eigenvalue weighted by Crippen LogP contribution is 2.30. The molecule has 0 aliphatic rings. The average molecular weight is 172 g/mol. The molecule has 7 heteroatoms. The molecule has 0 aromatic carbocycles. The molecule has 5 nitrogen and oxygen atoms in total. The Morgan fingerprint density at radius 3 is 1.33 bits per heavy atom. The van der Waals surface area contributed by atoms with Gasteiger partial charge >= 0.3 is 16.5 Å². The Bertz CT molecular complexity index is 99.5. The largest absolute Gasteiger partial charge is 0.745 e. The summed E-state index contributed by atoms with van der Waals surface area (Å²) in [6.07, 6.45) is 0. The molecular formula is C2H6O5P2+2. The van der Waals surface area contributed by atoms with E-state index in [-0.39, 0.29) is 0 Å². The third-order valence-electron chi connectivity index (χ3n) is 0.140. The summed E-state index contributed by atoms with van der Waals surface area (Å²) in [5, 5.41) is 0. The first-order valence-electron chi connectivity index (χ1n) is 1.63. The molecule has 0 aromatic heterocycles. The Labute approximate surface area is 53.9 Å². The number of hydrogen-bond donors (Lipinski definition) is 2. The average Bonchev–Trinajstić information content (AvgIpc) is 1.68. The molecule has 0 bridgehead atoms. The quantitative estimate of drug-likeness (QED) is 0.481. The molecule has 0 rings (SSSR count). The minimum absolute atomic E-state index is 2.92. The molecule has 52 valence electrons. The van der Waals surface area contributed by atoms with Crippen LogP contribution in [0, 0.1) is 0 Å². The molecule has 2 unspecified atom stereocenters. The molecule has 9 heavy (non-hydrogen) atoms. The van der Waals surface area contributed by atoms with Crippen LogP contribution >= 0.6 is 16.5 Å². The standard InChI is InChI=1S/C2H4.O5P2/c1-2;1-6(2)5-7(3)4/h1-2H2;/p+2. The predicted molar refractivity (Wildman–Crippen MR) is 32.0 cm³/mol. The SMILES string of the molecule is C=C.O=[P+](O)O[P+](=O)O. The van der Waals surface area contributed by atoms with E-state index in [1.54, 1.807) is 0 Å². The van der Waals surface area contributed by atoms with Crippen LogP contribution in [0.3, 0.4) is 0 Å². The molecule has 0 aromatic rings. The van der Waals surface area contributed by atoms with Crippen molar-refractivity contribution in [3.05, 3.63) is 13.2 Å². The lowest BCUT2D eigenvalue weighted by atomic mass is 11.3. The van der Waals surface area contributed by atoms with Crippen molar-refractivity contribution in [3.8, 4) is 0 Å². The minimum Gasteiger partial charge on any atom is -0.131 e. The van der Waals surface area contributed by atoms with Gasteiger partial charge in [-0.15, -0.1) is 22.9 Å². The zero-order valence-corrected chi connectivity index (χ0v) is 6.22. The fraction of sp³-hybridized carbons (Fsp3) is 0. The smallest absolute Gasteiger partial charge is 0.131 e. The van der Waals surface area contributed by atoms with Crippen LogP contribution in [0.1, 0.15) is 0 Å². The fourth-order valence-corrected chi connectivity index (χ4v) is 0.538. The lowest BCUT2D eigenvalue weighted by Crippen LogP contribution is -1.58. The second-order valence-corrected chi connectivity index (χ2v) is 2.16. The third kappa shape index (κ3) is 18.2. The van der Waals surface area contributed by atoms with E-state index in [0.29, 0.717) is 0 Å². The first-order chi connectivity index (χ1) is 4.13. The van der Waals surface area contributed by atoms with E-state index in [2.05, 4.69) is 17.5 Å². The van der Waals surface area contributed by atoms with Gasteiger partial charge in [-0.1, -0.05) is 0 Å². The van der Waals surface area contributed by atoms with E-state index in [1.807, 2.05) is 0 Å². The summed E-state index contributed by atoms with van der Waals surface area (Å²) < 4.78 is 22.2. The maximum absolute atomic E-state index is 9.39. The molecule has 0 heterocycles. The van der Waals surface area contributed by atoms with Gasteiger partial charge < -0.3 is 0 Å². The lowest BCUT2D eigenvalue weighted by molar-refractivity contribution is 0.371. The van der Waals surface area contributed by atoms with Crippen LogP contribution in [0.2, 0.25) is 0 Å². The van der Waals surface area contributed by atoms with E-state index in [1.165, 1.54) is 0 Å². The molecular weight excluding hydrogens is 166 g/mol. The summed E-state index contributed by atoms with van der Waals surface area (Å²) in [5.74, 6) is 0. The Hall–Kier alpha value is -0.180. The summed E-state index contributed by atoms with van der Waals surface area (Å²) in [6.45, 7) is 6.00. The van der Waals surface area contributed by atoms with Crippen LogP contribution < -0.4 is 0 Å². The molecule has 0 amide bonds. The summed E-state index contributed by atoms with van der Waals surface area (Å²) >= 11 is 0. The van der Waals surface area contributed by atoms with E-state index in [4.69, 9.17) is 9.79 Å². The molecule has 0 saturated carbocycles. The maximum Gasteiger partial charge on any atom is 0.745 e. The van der Waals surface area contributed by atoms with Gasteiger partial charge in [0.25, 0.3) is 0 Å². The van der Waals surface area contributed by atoms with Gasteiger partial charge in [0.05, 0.1) is 0 Å². The summed E-state index contributed by atoms with van der Waals surface area (Å²) in [5.41, 5.74) is 0. The van der Waals surface area contributed by atoms with Crippen molar-refractivity contribution in [1.29, 1.82) is 0 Å². The molecule has 0 fully saturated rings. The lowest BCUT2D eigenvalue weighted by Gasteiger charge is -1.50. The van der Waals surface area contributed by atoms with Crippen molar-refractivity contribution in [3.63, 3.8) is 0 Å². The van der Waals surface area contributed by atoms with Gasteiger partial charge in [0.2, 0.25) is 0 Å². The number of rotatable bonds is 2. The molecule has 2 atom stereocenters. The molecule has 0 aliphatic heterocycles. The van der Waals surface area contributed by atoms with Gasteiger partial charge in [0, 0.05) is 9.13 Å². The predicted octanol–water partition coefficient (Wildman–Crippen LogP) is 1.10. The highest BCUT2D eigenvalue weighted by atomic mass is 31.2. The van der Waals surface area contributed by atoms with E-state index < -0.39 is 16.5 Å². The van der Waals surface area contributed by atoms with Gasteiger partial charge in [-0.3, -0.25) is 0 Å². The van der Waals surface area contributed by atoms with Crippen molar-refractivity contribution >= 4 is 16.5 Å². The van der Waals surface area contributed by atoms with Crippen molar-refractivity contribution in [1.82, 2.24) is 0 Å². The summed E-state index contributed by atoms with van der Waals surface area (Å²) in [4.78, 5) is 15.3. The van der Waals surface area contributed by atoms with Crippen LogP contribution in [0.4, 0.5) is 0 Å². The molecule has 2 N–H and O–H groups in total. The third-order valence-corrected chi connectivity index (χ3v) is 1.26. The second-order valence-electron chi connectivity index (χ2n) is 0.557. The molecule has 0 radical (unpaired) electrons. The van der Waals surface area contributed by atoms with Gasteiger partial charge in [0.1, 0.15) is 0 Å². The van der Waals surface area contributed by atoms with Gasteiger partial charge in [-0.25, -0.2) is 0 Å². The van der Waals surface area contributed by atoms with Crippen molar-refractivity contribution in [2.75, 3.05) is 0 Å².